The molecule has 1 aliphatic carbocycles. The van der Waals surface area contributed by atoms with Gasteiger partial charge in [-0.3, -0.25) is 14.8 Å². The second-order valence-corrected chi connectivity index (χ2v) is 12.8. The van der Waals surface area contributed by atoms with Crippen LogP contribution in [0.25, 0.3) is 21.8 Å². The number of nitrogens with zero attached hydrogens (tertiary/aromatic N) is 3. The highest BCUT2D eigenvalue weighted by Gasteiger charge is 2.56. The van der Waals surface area contributed by atoms with Gasteiger partial charge in [-0.25, -0.2) is 8.78 Å². The van der Waals surface area contributed by atoms with E-state index in [1.165, 1.54) is 5.01 Å². The number of terminal acetylenes is 1. The topological polar surface area (TPSA) is 77.4 Å². The predicted molar refractivity (Wildman–Crippen MR) is 170 cm³/mol. The zero-order chi connectivity index (χ0) is 31.2. The van der Waals surface area contributed by atoms with Crippen molar-refractivity contribution in [3.05, 3.63) is 82.9 Å². The van der Waals surface area contributed by atoms with Crippen LogP contribution >= 0.6 is 11.6 Å². The summed E-state index contributed by atoms with van der Waals surface area (Å²) in [5, 5.41) is 10.8. The van der Waals surface area contributed by atoms with E-state index in [0.717, 1.165) is 27.5 Å². The molecule has 8 nitrogen and oxygen atoms in total. The normalized spacial score (nSPS) is 16.4. The molecule has 1 saturated carbocycles. The van der Waals surface area contributed by atoms with Gasteiger partial charge < -0.3 is 16.1 Å². The van der Waals surface area contributed by atoms with Gasteiger partial charge in [0.2, 0.25) is 6.20 Å². The van der Waals surface area contributed by atoms with Gasteiger partial charge in [-0.1, -0.05) is 50.4 Å². The summed E-state index contributed by atoms with van der Waals surface area (Å²) in [4.78, 5) is 10.1. The molecule has 2 aromatic carbocycles. The van der Waals surface area contributed by atoms with E-state index in [1.807, 2.05) is 48.7 Å². The highest BCUT2D eigenvalue weighted by atomic mass is 35.5. The van der Waals surface area contributed by atoms with E-state index < -0.39 is 18.0 Å². The summed E-state index contributed by atoms with van der Waals surface area (Å²) < 4.78 is 29.7. The van der Waals surface area contributed by atoms with Crippen molar-refractivity contribution >= 4 is 44.8 Å². The summed E-state index contributed by atoms with van der Waals surface area (Å²) in [6.07, 6.45) is 9.39. The summed E-state index contributed by atoms with van der Waals surface area (Å²) in [6, 6.07) is 13.1. The van der Waals surface area contributed by atoms with Crippen LogP contribution in [-0.4, -0.2) is 35.6 Å². The van der Waals surface area contributed by atoms with Gasteiger partial charge in [-0.2, -0.15) is 0 Å². The number of hydrogen-bond donors (Lipinski definition) is 4. The van der Waals surface area contributed by atoms with Gasteiger partial charge >= 0.3 is 0 Å². The van der Waals surface area contributed by atoms with Gasteiger partial charge in [0, 0.05) is 46.9 Å². The van der Waals surface area contributed by atoms with E-state index in [1.54, 1.807) is 24.2 Å². The second kappa shape index (κ2) is 11.3. The Hall–Kier alpha value is -4.33. The Labute approximate surface area is 260 Å². The zero-order valence-corrected chi connectivity index (χ0v) is 25.8. The average molecular weight is 619 g/mol. The molecule has 4 aromatic rings. The maximum absolute atomic E-state index is 14.0. The van der Waals surface area contributed by atoms with Crippen LogP contribution in [0.2, 0.25) is 5.02 Å². The van der Waals surface area contributed by atoms with Crippen LogP contribution in [0.5, 0.6) is 0 Å². The first-order valence-electron chi connectivity index (χ1n) is 14.4. The van der Waals surface area contributed by atoms with Gasteiger partial charge in [0.15, 0.2) is 0 Å². The number of pyridine rings is 2. The molecule has 0 spiro atoms. The molecule has 44 heavy (non-hydrogen) atoms. The molecule has 1 aliphatic heterocycles. The molecule has 228 valence electrons. The lowest BCUT2D eigenvalue weighted by atomic mass is 9.96. The summed E-state index contributed by atoms with van der Waals surface area (Å²) >= 11 is 6.83. The van der Waals surface area contributed by atoms with Crippen molar-refractivity contribution in [3.63, 3.8) is 0 Å². The summed E-state index contributed by atoms with van der Waals surface area (Å²) in [5.41, 5.74) is 10.0. The third-order valence-corrected chi connectivity index (χ3v) is 8.37. The third kappa shape index (κ3) is 5.42. The van der Waals surface area contributed by atoms with Crippen molar-refractivity contribution in [3.8, 4) is 12.3 Å². The lowest BCUT2D eigenvalue weighted by Crippen LogP contribution is -2.48. The Bertz CT molecular complexity index is 1810. The van der Waals surface area contributed by atoms with Crippen LogP contribution in [0.3, 0.4) is 0 Å². The van der Waals surface area contributed by atoms with E-state index in [4.69, 9.17) is 22.9 Å². The third-order valence-electron chi connectivity index (χ3n) is 8.08. The molecule has 4 N–H and O–H groups in total. The Balaban J connectivity index is 1.48. The number of hydrazine groups is 2. The predicted octanol–water partition coefficient (Wildman–Crippen LogP) is 5.94. The first-order chi connectivity index (χ1) is 21.0. The number of aromatic nitrogens is 2. The number of anilines is 2. The molecule has 2 aromatic heterocycles. The molecular weight excluding hydrogens is 584 g/mol. The van der Waals surface area contributed by atoms with Gasteiger partial charge in [-0.05, 0) is 42.0 Å². The minimum Gasteiger partial charge on any atom is -0.383 e. The maximum Gasteiger partial charge on any atom is 0.265 e. The number of rotatable bonds is 9. The van der Waals surface area contributed by atoms with E-state index in [-0.39, 0.29) is 5.41 Å². The number of alkyl halides is 2. The number of hydrogen-bond acceptors (Lipinski definition) is 7. The Kier molecular flexibility index (Phi) is 7.64. The molecule has 3 heterocycles. The Morgan fingerprint density at radius 1 is 1.20 bits per heavy atom. The zero-order valence-electron chi connectivity index (χ0n) is 25.0. The minimum absolute atomic E-state index is 0.00369. The summed E-state index contributed by atoms with van der Waals surface area (Å²) in [7, 11) is 1.60. The summed E-state index contributed by atoms with van der Waals surface area (Å²) in [6.45, 7) is 7.10. The molecule has 0 bridgehead atoms. The fourth-order valence-corrected chi connectivity index (χ4v) is 5.81. The quantitative estimate of drug-likeness (QED) is 0.137. The van der Waals surface area contributed by atoms with Crippen LogP contribution < -0.4 is 31.2 Å². The molecule has 0 unspecified atom stereocenters. The van der Waals surface area contributed by atoms with Crippen LogP contribution in [0, 0.1) is 17.8 Å². The van der Waals surface area contributed by atoms with Crippen LogP contribution in [0.1, 0.15) is 50.8 Å². The van der Waals surface area contributed by atoms with Crippen molar-refractivity contribution in [1.29, 1.82) is 0 Å². The van der Waals surface area contributed by atoms with Crippen LogP contribution in [-0.2, 0) is 0 Å². The molecule has 6 rings (SSSR count). The fourth-order valence-electron chi connectivity index (χ4n) is 5.55. The SMILES string of the molecule is C#Cc1cnc2c(Cl)cc(N[C@H](C3=CN(C4(C(F)F)CC4)NN3)c3cccc4c3ccc[n+]4OC)cc2c1NCC(C)(C)C. The van der Waals surface area contributed by atoms with E-state index in [2.05, 4.69) is 53.3 Å². The van der Waals surface area contributed by atoms with E-state index in [9.17, 15) is 8.78 Å². The largest absolute Gasteiger partial charge is 0.383 e. The average Bonchev–Trinajstić information content (AvgIpc) is 3.67. The Morgan fingerprint density at radius 3 is 2.68 bits per heavy atom. The number of nitrogens with one attached hydrogen (secondary N) is 4. The van der Waals surface area contributed by atoms with Gasteiger partial charge in [0.25, 0.3) is 11.9 Å². The van der Waals surface area contributed by atoms with Gasteiger partial charge in [-0.15, -0.1) is 12.0 Å². The number of benzene rings is 2. The monoisotopic (exact) mass is 618 g/mol. The van der Waals surface area contributed by atoms with Gasteiger partial charge in [0.05, 0.1) is 38.9 Å². The molecule has 2 aliphatic rings. The van der Waals surface area contributed by atoms with Crippen molar-refractivity contribution < 1.29 is 18.3 Å². The lowest BCUT2D eigenvalue weighted by molar-refractivity contribution is -0.865. The van der Waals surface area contributed by atoms with Gasteiger partial charge in [0.1, 0.15) is 12.6 Å². The van der Waals surface area contributed by atoms with Crippen LogP contribution in [0.15, 0.2) is 66.8 Å². The molecule has 11 heteroatoms. The highest BCUT2D eigenvalue weighted by molar-refractivity contribution is 6.35. The smallest absolute Gasteiger partial charge is 0.265 e. The van der Waals surface area contributed by atoms with Crippen molar-refractivity contribution in [2.24, 2.45) is 5.41 Å². The first-order valence-corrected chi connectivity index (χ1v) is 14.8. The molecular formula is C33H35ClF2N7O+. The number of fused-ring (bicyclic) bond motifs is 2. The number of halogens is 3. The minimum atomic E-state index is -2.49. The lowest BCUT2D eigenvalue weighted by Gasteiger charge is -2.25. The first kappa shape index (κ1) is 29.7. The second-order valence-electron chi connectivity index (χ2n) is 12.4. The van der Waals surface area contributed by atoms with Crippen molar-refractivity contribution in [2.75, 3.05) is 24.3 Å². The molecule has 1 atom stereocenters. The molecule has 0 amide bonds. The van der Waals surface area contributed by atoms with Crippen LogP contribution in [0.4, 0.5) is 20.2 Å². The van der Waals surface area contributed by atoms with Crippen molar-refractivity contribution in [1.82, 2.24) is 21.0 Å². The van der Waals surface area contributed by atoms with E-state index >= 15 is 0 Å². The Morgan fingerprint density at radius 2 is 2.00 bits per heavy atom. The van der Waals surface area contributed by atoms with E-state index in [0.29, 0.717) is 46.9 Å². The standard InChI is InChI=1S/C33H35ClF2N7O/c1-6-20-17-37-29-24(28(20)38-19-32(2,3)4)15-21(16-25(29)34)39-30(26-18-43(41-40-26)33(12-13-33)31(35)36)23-9-7-11-27-22(23)10-8-14-42(27)44-5/h1,7-11,14-18,30-31,39-41H,12-13,19H2,2-5H3,(H,37,38)/q+1/t30-/m0/s1. The maximum atomic E-state index is 14.0. The molecule has 0 saturated heterocycles. The highest BCUT2D eigenvalue weighted by Crippen LogP contribution is 2.47. The van der Waals surface area contributed by atoms with Crippen molar-refractivity contribution in [2.45, 2.75) is 51.6 Å². The summed E-state index contributed by atoms with van der Waals surface area (Å²) in [5.74, 6) is 2.74. The molecule has 1 fully saturated rings. The fraction of sp³-hybridized carbons (Fsp3) is 0.333. The molecule has 0 radical (unpaired) electrons.